The zero-order chi connectivity index (χ0) is 20.2. The van der Waals surface area contributed by atoms with Crippen LogP contribution in [-0.2, 0) is 4.74 Å². The van der Waals surface area contributed by atoms with Gasteiger partial charge in [0.05, 0.1) is 6.10 Å². The molecule has 29 heavy (non-hydrogen) atoms. The normalized spacial score (nSPS) is 26.9. The Labute approximate surface area is 172 Å². The van der Waals surface area contributed by atoms with E-state index in [1.165, 1.54) is 44.1 Å². The van der Waals surface area contributed by atoms with E-state index in [9.17, 15) is 8.78 Å². The lowest BCUT2D eigenvalue weighted by atomic mass is 9.65. The van der Waals surface area contributed by atoms with Crippen LogP contribution in [0.1, 0.15) is 56.9 Å². The van der Waals surface area contributed by atoms with E-state index in [0.717, 1.165) is 29.6 Å². The zero-order valence-electron chi connectivity index (χ0n) is 17.0. The fourth-order valence-electron chi connectivity index (χ4n) is 5.31. The van der Waals surface area contributed by atoms with Crippen molar-refractivity contribution in [2.75, 3.05) is 6.61 Å². The Bertz CT molecular complexity index is 772. The highest BCUT2D eigenvalue weighted by molar-refractivity contribution is 5.64. The van der Waals surface area contributed by atoms with Gasteiger partial charge in [0.1, 0.15) is 5.75 Å². The maximum Gasteiger partial charge on any atom is 0.387 e. The molecular formula is C25H30F2O2. The summed E-state index contributed by atoms with van der Waals surface area (Å²) < 4.78 is 34.9. The van der Waals surface area contributed by atoms with Crippen molar-refractivity contribution in [2.24, 2.45) is 11.8 Å². The molecule has 0 amide bonds. The summed E-state index contributed by atoms with van der Waals surface area (Å²) in [7, 11) is 0. The predicted octanol–water partition coefficient (Wildman–Crippen LogP) is 7.04. The first-order chi connectivity index (χ1) is 14.1. The molecule has 156 valence electrons. The lowest BCUT2D eigenvalue weighted by molar-refractivity contribution is -0.0498. The molecule has 2 aromatic carbocycles. The molecule has 0 aliphatic heterocycles. The van der Waals surface area contributed by atoms with Gasteiger partial charge in [-0.25, -0.2) is 0 Å². The first-order valence-electron chi connectivity index (χ1n) is 10.9. The van der Waals surface area contributed by atoms with Crippen molar-refractivity contribution in [3.63, 3.8) is 0 Å². The van der Waals surface area contributed by atoms with Crippen molar-refractivity contribution in [3.05, 3.63) is 54.1 Å². The topological polar surface area (TPSA) is 18.5 Å². The minimum Gasteiger partial charge on any atom is -0.435 e. The summed E-state index contributed by atoms with van der Waals surface area (Å²) in [4.78, 5) is 0. The maximum absolute atomic E-state index is 12.3. The molecule has 0 N–H and O–H groups in total. The third-order valence-electron chi connectivity index (χ3n) is 6.76. The van der Waals surface area contributed by atoms with Crippen molar-refractivity contribution < 1.29 is 18.3 Å². The maximum atomic E-state index is 12.3. The van der Waals surface area contributed by atoms with Crippen LogP contribution in [0.3, 0.4) is 0 Å². The molecule has 2 aliphatic carbocycles. The molecular weight excluding hydrogens is 370 g/mol. The van der Waals surface area contributed by atoms with Crippen molar-refractivity contribution in [1.29, 1.82) is 0 Å². The van der Waals surface area contributed by atoms with E-state index in [2.05, 4.69) is 35.9 Å². The van der Waals surface area contributed by atoms with Gasteiger partial charge in [0.15, 0.2) is 0 Å². The second-order valence-corrected chi connectivity index (χ2v) is 8.45. The molecule has 4 atom stereocenters. The van der Waals surface area contributed by atoms with Crippen LogP contribution < -0.4 is 4.74 Å². The van der Waals surface area contributed by atoms with Crippen LogP contribution in [0.4, 0.5) is 8.78 Å². The smallest absolute Gasteiger partial charge is 0.387 e. The third kappa shape index (κ3) is 4.98. The van der Waals surface area contributed by atoms with E-state index < -0.39 is 6.61 Å². The Morgan fingerprint density at radius 2 is 1.45 bits per heavy atom. The summed E-state index contributed by atoms with van der Waals surface area (Å²) in [5, 5.41) is 0. The molecule has 4 rings (SSSR count). The Morgan fingerprint density at radius 3 is 2.10 bits per heavy atom. The molecule has 2 fully saturated rings. The Kier molecular flexibility index (Phi) is 6.49. The summed E-state index contributed by atoms with van der Waals surface area (Å²) in [6.45, 7) is 0.140. The molecule has 0 saturated heterocycles. The molecule has 2 aromatic rings. The Balaban J connectivity index is 1.37. The van der Waals surface area contributed by atoms with Crippen LogP contribution in [-0.4, -0.2) is 19.3 Å². The SMILES string of the molecule is CCOC1CCC2CC(c3ccc(-c4ccc(OC(F)F)cc4)cc3)CCC2C1. The molecule has 0 radical (unpaired) electrons. The highest BCUT2D eigenvalue weighted by Crippen LogP contribution is 2.46. The quantitative estimate of drug-likeness (QED) is 0.517. The van der Waals surface area contributed by atoms with Gasteiger partial charge in [-0.05, 0) is 92.0 Å². The largest absolute Gasteiger partial charge is 0.435 e. The molecule has 4 heteroatoms. The van der Waals surface area contributed by atoms with Gasteiger partial charge in [-0.3, -0.25) is 0 Å². The third-order valence-corrected chi connectivity index (χ3v) is 6.76. The van der Waals surface area contributed by atoms with Crippen LogP contribution >= 0.6 is 0 Å². The van der Waals surface area contributed by atoms with Crippen molar-refractivity contribution in [1.82, 2.24) is 0 Å². The monoisotopic (exact) mass is 400 g/mol. The summed E-state index contributed by atoms with van der Waals surface area (Å²) in [6.07, 6.45) is 8.11. The fraction of sp³-hybridized carbons (Fsp3) is 0.520. The van der Waals surface area contributed by atoms with Crippen LogP contribution in [0.15, 0.2) is 48.5 Å². The molecule has 0 bridgehead atoms. The van der Waals surface area contributed by atoms with Gasteiger partial charge >= 0.3 is 6.61 Å². The van der Waals surface area contributed by atoms with Gasteiger partial charge in [0, 0.05) is 6.61 Å². The van der Waals surface area contributed by atoms with Crippen LogP contribution in [0, 0.1) is 11.8 Å². The van der Waals surface area contributed by atoms with Gasteiger partial charge in [-0.2, -0.15) is 8.78 Å². The van der Waals surface area contributed by atoms with Gasteiger partial charge in [-0.15, -0.1) is 0 Å². The Morgan fingerprint density at radius 1 is 0.828 bits per heavy atom. The predicted molar refractivity (Wildman–Crippen MR) is 111 cm³/mol. The van der Waals surface area contributed by atoms with Crippen molar-refractivity contribution in [3.8, 4) is 16.9 Å². The summed E-state index contributed by atoms with van der Waals surface area (Å²) >= 11 is 0. The first-order valence-corrected chi connectivity index (χ1v) is 10.9. The van der Waals surface area contributed by atoms with Gasteiger partial charge in [-0.1, -0.05) is 36.4 Å². The highest BCUT2D eigenvalue weighted by atomic mass is 19.3. The van der Waals surface area contributed by atoms with Crippen LogP contribution in [0.2, 0.25) is 0 Å². The minimum absolute atomic E-state index is 0.191. The molecule has 0 heterocycles. The number of fused-ring (bicyclic) bond motifs is 1. The zero-order valence-corrected chi connectivity index (χ0v) is 17.0. The minimum atomic E-state index is -2.79. The van der Waals surface area contributed by atoms with E-state index in [4.69, 9.17) is 4.74 Å². The molecule has 0 aromatic heterocycles. The lowest BCUT2D eigenvalue weighted by Gasteiger charge is -2.42. The van der Waals surface area contributed by atoms with Crippen LogP contribution in [0.25, 0.3) is 11.1 Å². The Hall–Kier alpha value is -1.94. The van der Waals surface area contributed by atoms with E-state index >= 15 is 0 Å². The average molecular weight is 401 g/mol. The summed E-state index contributed by atoms with van der Waals surface area (Å²) in [6, 6.07) is 15.6. The molecule has 2 saturated carbocycles. The van der Waals surface area contributed by atoms with Crippen molar-refractivity contribution >= 4 is 0 Å². The second kappa shape index (κ2) is 9.25. The number of benzene rings is 2. The molecule has 2 aliphatic rings. The van der Waals surface area contributed by atoms with E-state index in [-0.39, 0.29) is 5.75 Å². The molecule has 2 nitrogen and oxygen atoms in total. The number of rotatable bonds is 6. The number of alkyl halides is 2. The standard InChI is InChI=1S/C25H30F2O2/c1-2-28-24-14-11-21-15-20(7-8-22(21)16-24)19-5-3-17(4-6-19)18-9-12-23(13-10-18)29-25(26)27/h3-6,9-10,12-13,20-22,24-25H,2,7-8,11,14-16H2,1H3. The fourth-order valence-corrected chi connectivity index (χ4v) is 5.31. The first kappa shape index (κ1) is 20.3. The van der Waals surface area contributed by atoms with E-state index in [1.807, 2.05) is 12.1 Å². The number of ether oxygens (including phenoxy) is 2. The lowest BCUT2D eigenvalue weighted by Crippen LogP contribution is -2.33. The van der Waals surface area contributed by atoms with Gasteiger partial charge in [0.25, 0.3) is 0 Å². The average Bonchev–Trinajstić information content (AvgIpc) is 2.74. The summed E-state index contributed by atoms with van der Waals surface area (Å²) in [5.41, 5.74) is 3.54. The van der Waals surface area contributed by atoms with Gasteiger partial charge < -0.3 is 9.47 Å². The highest BCUT2D eigenvalue weighted by Gasteiger charge is 2.36. The van der Waals surface area contributed by atoms with Crippen LogP contribution in [0.5, 0.6) is 5.75 Å². The number of hydrogen-bond donors (Lipinski definition) is 0. The molecule has 4 unspecified atom stereocenters. The molecule has 0 spiro atoms. The van der Waals surface area contributed by atoms with Gasteiger partial charge in [0.2, 0.25) is 0 Å². The van der Waals surface area contributed by atoms with Crippen molar-refractivity contribution in [2.45, 2.75) is 64.1 Å². The van der Waals surface area contributed by atoms with E-state index in [0.29, 0.717) is 12.0 Å². The second-order valence-electron chi connectivity index (χ2n) is 8.45. The number of hydrogen-bond acceptors (Lipinski definition) is 2. The summed E-state index contributed by atoms with van der Waals surface area (Å²) in [5.74, 6) is 2.52. The number of halogens is 2. The van der Waals surface area contributed by atoms with E-state index in [1.54, 1.807) is 12.1 Å².